The summed E-state index contributed by atoms with van der Waals surface area (Å²) in [6.07, 6.45) is 1.04. The van der Waals surface area contributed by atoms with Gasteiger partial charge in [-0.15, -0.1) is 0 Å². The van der Waals surface area contributed by atoms with E-state index in [2.05, 4.69) is 22.6 Å². The minimum absolute atomic E-state index is 0.135. The summed E-state index contributed by atoms with van der Waals surface area (Å²) in [5.41, 5.74) is -0.370. The summed E-state index contributed by atoms with van der Waals surface area (Å²) in [5.74, 6) is 0.716. The lowest BCUT2D eigenvalue weighted by atomic mass is 9.86. The first kappa shape index (κ1) is 10.5. The van der Waals surface area contributed by atoms with Crippen molar-refractivity contribution in [3.8, 4) is 0 Å². The molecule has 2 heterocycles. The molecule has 1 amide bonds. The van der Waals surface area contributed by atoms with E-state index in [0.717, 1.165) is 6.54 Å². The van der Waals surface area contributed by atoms with Crippen LogP contribution in [-0.2, 0) is 4.74 Å². The van der Waals surface area contributed by atoms with E-state index in [1.807, 2.05) is 25.7 Å². The highest BCUT2D eigenvalue weighted by atomic mass is 127. The number of ether oxygens (including phenoxy) is 1. The molecule has 1 saturated carbocycles. The van der Waals surface area contributed by atoms with Gasteiger partial charge in [-0.3, -0.25) is 0 Å². The van der Waals surface area contributed by atoms with Crippen LogP contribution in [0.4, 0.5) is 4.79 Å². The van der Waals surface area contributed by atoms with Crippen LogP contribution < -0.4 is 0 Å². The predicted octanol–water partition coefficient (Wildman–Crippen LogP) is 2.43. The maximum Gasteiger partial charge on any atom is 0.410 e. The minimum atomic E-state index is -0.370. The normalized spacial score (nSPS) is 35.4. The molecule has 1 aliphatic carbocycles. The van der Waals surface area contributed by atoms with E-state index >= 15 is 0 Å². The summed E-state index contributed by atoms with van der Waals surface area (Å²) in [6, 6.07) is 0.440. The van der Waals surface area contributed by atoms with Crippen molar-refractivity contribution in [3.05, 3.63) is 0 Å². The van der Waals surface area contributed by atoms with E-state index in [1.165, 1.54) is 6.42 Å². The summed E-state index contributed by atoms with van der Waals surface area (Å²) < 4.78 is 6.00. The minimum Gasteiger partial charge on any atom is -0.444 e. The van der Waals surface area contributed by atoms with Crippen molar-refractivity contribution in [2.75, 3.05) is 6.54 Å². The number of rotatable bonds is 0. The zero-order valence-electron chi connectivity index (χ0n) is 8.79. The topological polar surface area (TPSA) is 29.5 Å². The molecule has 2 aliphatic heterocycles. The number of hydrogen-bond acceptors (Lipinski definition) is 2. The van der Waals surface area contributed by atoms with E-state index in [-0.39, 0.29) is 11.7 Å². The number of halogens is 1. The molecule has 3 fully saturated rings. The highest BCUT2D eigenvalue weighted by Crippen LogP contribution is 2.46. The molecule has 3 unspecified atom stereocenters. The quantitative estimate of drug-likeness (QED) is 0.508. The number of amides is 1. The van der Waals surface area contributed by atoms with Crippen LogP contribution in [0.25, 0.3) is 0 Å². The van der Waals surface area contributed by atoms with Gasteiger partial charge in [0.05, 0.1) is 0 Å². The van der Waals surface area contributed by atoms with Gasteiger partial charge in [0, 0.05) is 16.5 Å². The van der Waals surface area contributed by atoms with Gasteiger partial charge in [0.2, 0.25) is 0 Å². The Morgan fingerprint density at radius 3 is 2.50 bits per heavy atom. The number of fused-ring (bicyclic) bond motifs is 1. The monoisotopic (exact) mass is 309 g/mol. The lowest BCUT2D eigenvalue weighted by Gasteiger charge is -2.32. The molecule has 2 bridgehead atoms. The van der Waals surface area contributed by atoms with Crippen LogP contribution in [0.5, 0.6) is 0 Å². The molecule has 0 radical (unpaired) electrons. The van der Waals surface area contributed by atoms with Crippen LogP contribution in [0.15, 0.2) is 0 Å². The van der Waals surface area contributed by atoms with E-state index in [4.69, 9.17) is 4.74 Å². The van der Waals surface area contributed by atoms with Gasteiger partial charge in [0.25, 0.3) is 0 Å². The maximum absolute atomic E-state index is 11.7. The van der Waals surface area contributed by atoms with Gasteiger partial charge >= 0.3 is 6.09 Å². The fraction of sp³-hybridized carbons (Fsp3) is 0.900. The zero-order chi connectivity index (χ0) is 10.5. The van der Waals surface area contributed by atoms with Gasteiger partial charge in [0.15, 0.2) is 0 Å². The Morgan fingerprint density at radius 2 is 2.14 bits per heavy atom. The lowest BCUT2D eigenvalue weighted by Crippen LogP contribution is -2.43. The highest BCUT2D eigenvalue weighted by Gasteiger charge is 2.53. The largest absolute Gasteiger partial charge is 0.444 e. The SMILES string of the molecule is CC(C)(C)OC(=O)N1CC2CC1C2I. The molecule has 0 spiro atoms. The molecule has 3 atom stereocenters. The van der Waals surface area contributed by atoms with E-state index in [1.54, 1.807) is 0 Å². The molecule has 3 nitrogen and oxygen atoms in total. The van der Waals surface area contributed by atoms with Crippen molar-refractivity contribution in [2.24, 2.45) is 5.92 Å². The van der Waals surface area contributed by atoms with Crippen LogP contribution >= 0.6 is 22.6 Å². The van der Waals surface area contributed by atoms with Crippen molar-refractivity contribution in [2.45, 2.75) is 42.8 Å². The third kappa shape index (κ3) is 1.73. The maximum atomic E-state index is 11.7. The third-order valence-electron chi connectivity index (χ3n) is 2.82. The number of hydrogen-bond donors (Lipinski definition) is 0. The Morgan fingerprint density at radius 1 is 1.50 bits per heavy atom. The smallest absolute Gasteiger partial charge is 0.410 e. The summed E-state index contributed by atoms with van der Waals surface area (Å²) in [5, 5.41) is 0. The van der Waals surface area contributed by atoms with Crippen LogP contribution in [0.1, 0.15) is 27.2 Å². The Hall–Kier alpha value is 0. The average Bonchev–Trinajstić information content (AvgIpc) is 2.55. The van der Waals surface area contributed by atoms with Crippen LogP contribution in [0.3, 0.4) is 0 Å². The number of alkyl halides is 1. The van der Waals surface area contributed by atoms with Crippen LogP contribution in [-0.4, -0.2) is 33.1 Å². The second-order valence-corrected chi connectivity index (χ2v) is 6.58. The summed E-state index contributed by atoms with van der Waals surface area (Å²) >= 11 is 2.44. The lowest BCUT2D eigenvalue weighted by molar-refractivity contribution is 0.0252. The van der Waals surface area contributed by atoms with Gasteiger partial charge in [-0.1, -0.05) is 22.6 Å². The number of carbonyl (C=O) groups excluding carboxylic acids is 1. The molecule has 0 aromatic heterocycles. The van der Waals surface area contributed by atoms with Gasteiger partial charge in [-0.25, -0.2) is 4.79 Å². The Labute approximate surface area is 98.3 Å². The molecule has 2 saturated heterocycles. The van der Waals surface area contributed by atoms with Crippen molar-refractivity contribution >= 4 is 28.7 Å². The first-order valence-corrected chi connectivity index (χ1v) is 6.27. The second-order valence-electron chi connectivity index (χ2n) is 5.14. The summed E-state index contributed by atoms with van der Waals surface area (Å²) in [4.78, 5) is 13.6. The van der Waals surface area contributed by atoms with Crippen LogP contribution in [0.2, 0.25) is 0 Å². The molecular formula is C10H16INO2. The van der Waals surface area contributed by atoms with Crippen LogP contribution in [0, 0.1) is 5.92 Å². The van der Waals surface area contributed by atoms with Crippen molar-refractivity contribution in [1.82, 2.24) is 4.90 Å². The van der Waals surface area contributed by atoms with Crippen molar-refractivity contribution < 1.29 is 9.53 Å². The molecule has 3 aliphatic rings. The van der Waals surface area contributed by atoms with E-state index in [9.17, 15) is 4.79 Å². The van der Waals surface area contributed by atoms with Crippen molar-refractivity contribution in [1.29, 1.82) is 0 Å². The van der Waals surface area contributed by atoms with Gasteiger partial charge < -0.3 is 9.64 Å². The fourth-order valence-corrected chi connectivity index (χ4v) is 3.28. The molecule has 4 heteroatoms. The highest BCUT2D eigenvalue weighted by molar-refractivity contribution is 14.1. The van der Waals surface area contributed by atoms with Gasteiger partial charge in [-0.2, -0.15) is 0 Å². The summed E-state index contributed by atoms with van der Waals surface area (Å²) in [7, 11) is 0. The van der Waals surface area contributed by atoms with E-state index < -0.39 is 0 Å². The molecule has 3 rings (SSSR count). The first-order chi connectivity index (χ1) is 6.38. The second kappa shape index (κ2) is 3.25. The number of carbonyl (C=O) groups is 1. The third-order valence-corrected chi connectivity index (χ3v) is 4.67. The average molecular weight is 309 g/mol. The molecule has 80 valence electrons. The Balaban J connectivity index is 1.94. The molecule has 0 N–H and O–H groups in total. The van der Waals surface area contributed by atoms with Gasteiger partial charge in [-0.05, 0) is 33.1 Å². The number of nitrogens with zero attached hydrogens (tertiary/aromatic N) is 1. The Kier molecular flexibility index (Phi) is 2.44. The van der Waals surface area contributed by atoms with E-state index in [0.29, 0.717) is 15.9 Å². The first-order valence-electron chi connectivity index (χ1n) is 5.02. The van der Waals surface area contributed by atoms with Crippen molar-refractivity contribution in [3.63, 3.8) is 0 Å². The molecule has 0 aromatic rings. The van der Waals surface area contributed by atoms with Gasteiger partial charge in [0.1, 0.15) is 5.60 Å². The predicted molar refractivity (Wildman–Crippen MR) is 62.6 cm³/mol. The molecule has 14 heavy (non-hydrogen) atoms. The standard InChI is InChI=1S/C10H16INO2/c1-10(2,3)14-9(13)12-5-6-4-7(12)8(6)11/h6-8H,4-5H2,1-3H3. The Bertz CT molecular complexity index is 261. The molecule has 0 aromatic carbocycles. The fourth-order valence-electron chi connectivity index (χ4n) is 2.08. The summed E-state index contributed by atoms with van der Waals surface area (Å²) in [6.45, 7) is 6.62. The zero-order valence-corrected chi connectivity index (χ0v) is 10.9. The molecular weight excluding hydrogens is 293 g/mol.